The smallest absolute Gasteiger partial charge is 0.213 e. The minimum atomic E-state index is -0.225. The van der Waals surface area contributed by atoms with E-state index in [9.17, 15) is 4.39 Å². The number of ether oxygens (including phenoxy) is 1. The zero-order valence-electron chi connectivity index (χ0n) is 15.0. The predicted molar refractivity (Wildman–Crippen MR) is 101 cm³/mol. The number of rotatable bonds is 6. The fraction of sp³-hybridized carbons (Fsp3) is 0.400. The van der Waals surface area contributed by atoms with E-state index in [0.29, 0.717) is 36.6 Å². The first-order valence-corrected chi connectivity index (χ1v) is 9.04. The van der Waals surface area contributed by atoms with E-state index >= 15 is 0 Å². The summed E-state index contributed by atoms with van der Waals surface area (Å²) in [4.78, 5) is 8.54. The lowest BCUT2D eigenvalue weighted by Gasteiger charge is -2.14. The van der Waals surface area contributed by atoms with E-state index in [1.165, 1.54) is 18.9 Å². The van der Waals surface area contributed by atoms with E-state index in [0.717, 1.165) is 18.4 Å². The van der Waals surface area contributed by atoms with Gasteiger partial charge in [0.25, 0.3) is 0 Å². The molecule has 1 aromatic carbocycles. The number of hydrogen-bond acceptors (Lipinski definition) is 3. The largest absolute Gasteiger partial charge is 0.474 e. The van der Waals surface area contributed by atoms with Gasteiger partial charge in [-0.25, -0.2) is 9.37 Å². The summed E-state index contributed by atoms with van der Waals surface area (Å²) in [6.45, 7) is 0.951. The molecule has 1 aliphatic rings. The highest BCUT2D eigenvalue weighted by atomic mass is 19.1. The zero-order valence-corrected chi connectivity index (χ0v) is 15.0. The maximum atomic E-state index is 13.7. The molecule has 0 radical (unpaired) electrons. The Morgan fingerprint density at radius 1 is 1.15 bits per heavy atom. The van der Waals surface area contributed by atoms with E-state index in [2.05, 4.69) is 20.6 Å². The molecule has 5 nitrogen and oxygen atoms in total. The van der Waals surface area contributed by atoms with Crippen LogP contribution in [0.3, 0.4) is 0 Å². The van der Waals surface area contributed by atoms with Crippen LogP contribution in [0.4, 0.5) is 4.39 Å². The number of halogens is 1. The molecule has 6 heteroatoms. The first-order chi connectivity index (χ1) is 12.7. The van der Waals surface area contributed by atoms with Crippen LogP contribution < -0.4 is 15.4 Å². The monoisotopic (exact) mass is 356 g/mol. The topological polar surface area (TPSA) is 58.5 Å². The quantitative estimate of drug-likeness (QED) is 0.615. The third-order valence-corrected chi connectivity index (χ3v) is 4.47. The second-order valence-electron chi connectivity index (χ2n) is 6.40. The molecule has 3 rings (SSSR count). The molecule has 0 bridgehead atoms. The van der Waals surface area contributed by atoms with Crippen LogP contribution in [-0.4, -0.2) is 24.1 Å². The molecule has 2 aromatic rings. The van der Waals surface area contributed by atoms with Gasteiger partial charge < -0.3 is 15.4 Å². The lowest BCUT2D eigenvalue weighted by atomic mass is 10.2. The molecule has 0 atom stereocenters. The maximum Gasteiger partial charge on any atom is 0.213 e. The summed E-state index contributed by atoms with van der Waals surface area (Å²) in [7, 11) is 1.69. The molecule has 0 amide bonds. The molecule has 0 unspecified atom stereocenters. The summed E-state index contributed by atoms with van der Waals surface area (Å²) in [5.41, 5.74) is 1.63. The average molecular weight is 356 g/mol. The number of aliphatic imine (C=N–C) groups is 1. The molecule has 2 N–H and O–H groups in total. The van der Waals surface area contributed by atoms with Gasteiger partial charge in [-0.15, -0.1) is 0 Å². The normalized spacial score (nSPS) is 15.1. The van der Waals surface area contributed by atoms with Crippen molar-refractivity contribution in [2.24, 2.45) is 4.99 Å². The number of aromatic nitrogens is 1. The number of nitrogens with zero attached hydrogens (tertiary/aromatic N) is 2. The van der Waals surface area contributed by atoms with Crippen molar-refractivity contribution in [3.8, 4) is 5.88 Å². The van der Waals surface area contributed by atoms with Crippen LogP contribution in [0.2, 0.25) is 0 Å². The number of guanidine groups is 1. The summed E-state index contributed by atoms with van der Waals surface area (Å²) in [6, 6.07) is 10.6. The second kappa shape index (κ2) is 9.17. The van der Waals surface area contributed by atoms with Crippen molar-refractivity contribution in [1.29, 1.82) is 0 Å². The molecule has 0 saturated heterocycles. The van der Waals surface area contributed by atoms with Crippen molar-refractivity contribution in [2.45, 2.75) is 44.9 Å². The van der Waals surface area contributed by atoms with Crippen LogP contribution in [0.1, 0.15) is 36.8 Å². The molecule has 1 heterocycles. The summed E-state index contributed by atoms with van der Waals surface area (Å²) < 4.78 is 19.5. The van der Waals surface area contributed by atoms with Crippen molar-refractivity contribution in [2.75, 3.05) is 7.05 Å². The Bertz CT molecular complexity index is 727. The Balaban J connectivity index is 1.46. The third kappa shape index (κ3) is 5.18. The number of benzene rings is 1. The molecule has 1 aromatic heterocycles. The van der Waals surface area contributed by atoms with Crippen LogP contribution in [0, 0.1) is 5.82 Å². The number of pyridine rings is 1. The standard InChI is InChI=1S/C20H25FN4O/c1-22-20(25-14-16-6-2-5-9-18(16)21)24-13-15-10-11-19(23-12-15)26-17-7-3-4-8-17/h2,5-6,9-12,17H,3-4,7-8,13-14H2,1H3,(H2,22,24,25). The molecular formula is C20H25FN4O. The van der Waals surface area contributed by atoms with Crippen LogP contribution in [0.15, 0.2) is 47.6 Å². The Morgan fingerprint density at radius 3 is 2.62 bits per heavy atom. The second-order valence-corrected chi connectivity index (χ2v) is 6.40. The van der Waals surface area contributed by atoms with E-state index in [-0.39, 0.29) is 5.82 Å². The van der Waals surface area contributed by atoms with Crippen molar-refractivity contribution in [1.82, 2.24) is 15.6 Å². The van der Waals surface area contributed by atoms with Gasteiger partial charge in [0.05, 0.1) is 0 Å². The van der Waals surface area contributed by atoms with Crippen molar-refractivity contribution in [3.63, 3.8) is 0 Å². The lowest BCUT2D eigenvalue weighted by molar-refractivity contribution is 0.201. The van der Waals surface area contributed by atoms with Gasteiger partial charge >= 0.3 is 0 Å². The van der Waals surface area contributed by atoms with E-state index in [4.69, 9.17) is 4.74 Å². The highest BCUT2D eigenvalue weighted by Crippen LogP contribution is 2.22. The van der Waals surface area contributed by atoms with Crippen molar-refractivity contribution in [3.05, 3.63) is 59.5 Å². The third-order valence-electron chi connectivity index (χ3n) is 4.47. The first-order valence-electron chi connectivity index (χ1n) is 9.04. The van der Waals surface area contributed by atoms with E-state index < -0.39 is 0 Å². The zero-order chi connectivity index (χ0) is 18.2. The number of nitrogens with one attached hydrogen (secondary N) is 2. The van der Waals surface area contributed by atoms with Gasteiger partial charge in [0.2, 0.25) is 5.88 Å². The van der Waals surface area contributed by atoms with Crippen LogP contribution in [-0.2, 0) is 13.1 Å². The van der Waals surface area contributed by atoms with Gasteiger partial charge in [-0.05, 0) is 37.3 Å². The summed E-state index contributed by atoms with van der Waals surface area (Å²) in [5, 5.41) is 6.31. The molecule has 1 fully saturated rings. The Hall–Kier alpha value is -2.63. The fourth-order valence-corrected chi connectivity index (χ4v) is 2.99. The maximum absolute atomic E-state index is 13.7. The van der Waals surface area contributed by atoms with Gasteiger partial charge in [0.1, 0.15) is 11.9 Å². The molecule has 1 saturated carbocycles. The summed E-state index contributed by atoms with van der Waals surface area (Å²) >= 11 is 0. The minimum Gasteiger partial charge on any atom is -0.474 e. The molecular weight excluding hydrogens is 331 g/mol. The highest BCUT2D eigenvalue weighted by Gasteiger charge is 2.16. The van der Waals surface area contributed by atoms with Crippen LogP contribution in [0.5, 0.6) is 5.88 Å². The summed E-state index contributed by atoms with van der Waals surface area (Å²) in [5.74, 6) is 1.07. The fourth-order valence-electron chi connectivity index (χ4n) is 2.99. The highest BCUT2D eigenvalue weighted by molar-refractivity contribution is 5.79. The SMILES string of the molecule is CN=C(NCc1ccc(OC2CCCC2)nc1)NCc1ccccc1F. The van der Waals surface area contributed by atoms with Crippen LogP contribution >= 0.6 is 0 Å². The molecule has 0 aliphatic heterocycles. The molecule has 1 aliphatic carbocycles. The Morgan fingerprint density at radius 2 is 1.92 bits per heavy atom. The van der Waals surface area contributed by atoms with Gasteiger partial charge in [0.15, 0.2) is 5.96 Å². The average Bonchev–Trinajstić information content (AvgIpc) is 3.17. The van der Waals surface area contributed by atoms with E-state index in [1.807, 2.05) is 18.2 Å². The van der Waals surface area contributed by atoms with Crippen LogP contribution in [0.25, 0.3) is 0 Å². The molecule has 138 valence electrons. The Labute approximate surface area is 153 Å². The van der Waals surface area contributed by atoms with Gasteiger partial charge in [-0.2, -0.15) is 0 Å². The summed E-state index contributed by atoms with van der Waals surface area (Å²) in [6.07, 6.45) is 6.84. The van der Waals surface area contributed by atoms with Gasteiger partial charge in [-0.3, -0.25) is 4.99 Å². The Kier molecular flexibility index (Phi) is 6.41. The molecule has 26 heavy (non-hydrogen) atoms. The molecule has 0 spiro atoms. The van der Waals surface area contributed by atoms with Gasteiger partial charge in [-0.1, -0.05) is 24.3 Å². The number of hydrogen-bond donors (Lipinski definition) is 2. The van der Waals surface area contributed by atoms with E-state index in [1.54, 1.807) is 25.4 Å². The van der Waals surface area contributed by atoms with Crippen molar-refractivity contribution < 1.29 is 9.13 Å². The lowest BCUT2D eigenvalue weighted by Crippen LogP contribution is -2.36. The predicted octanol–water partition coefficient (Wildman–Crippen LogP) is 3.41. The van der Waals surface area contributed by atoms with Gasteiger partial charge in [0, 0.05) is 38.0 Å². The minimum absolute atomic E-state index is 0.225. The first kappa shape index (κ1) is 18.2. The van der Waals surface area contributed by atoms with Crippen molar-refractivity contribution >= 4 is 5.96 Å².